The second kappa shape index (κ2) is 8.80. The average Bonchev–Trinajstić information content (AvgIpc) is 3.29. The van der Waals surface area contributed by atoms with E-state index in [4.69, 9.17) is 4.98 Å². The predicted molar refractivity (Wildman–Crippen MR) is 116 cm³/mol. The molecule has 29 heavy (non-hydrogen) atoms. The fourth-order valence-electron chi connectivity index (χ4n) is 4.28. The van der Waals surface area contributed by atoms with Crippen LogP contribution in [-0.4, -0.2) is 25.0 Å². The molecule has 2 heterocycles. The molecule has 1 fully saturated rings. The first-order valence-corrected chi connectivity index (χ1v) is 10.9. The molecule has 3 aromatic rings. The summed E-state index contributed by atoms with van der Waals surface area (Å²) in [7, 11) is 0. The van der Waals surface area contributed by atoms with Crippen LogP contribution in [0.25, 0.3) is 11.0 Å². The Morgan fingerprint density at radius 3 is 2.79 bits per heavy atom. The van der Waals surface area contributed by atoms with Crippen molar-refractivity contribution in [1.29, 1.82) is 0 Å². The number of unbranched alkanes of at least 4 members (excludes halogenated alkanes) is 1. The highest BCUT2D eigenvalue weighted by molar-refractivity contribution is 5.94. The number of aryl methyl sites for hydroxylation is 2. The molecule has 1 saturated carbocycles. The zero-order chi connectivity index (χ0) is 20.2. The summed E-state index contributed by atoms with van der Waals surface area (Å²) >= 11 is 0. The van der Waals surface area contributed by atoms with Crippen LogP contribution in [0.3, 0.4) is 0 Å². The van der Waals surface area contributed by atoms with Gasteiger partial charge in [0.15, 0.2) is 0 Å². The Balaban J connectivity index is 1.60. The summed E-state index contributed by atoms with van der Waals surface area (Å²) in [5.74, 6) is 2.33. The van der Waals surface area contributed by atoms with Crippen molar-refractivity contribution >= 4 is 22.6 Å². The van der Waals surface area contributed by atoms with E-state index < -0.39 is 0 Å². The summed E-state index contributed by atoms with van der Waals surface area (Å²) in [4.78, 5) is 21.9. The Morgan fingerprint density at radius 2 is 2.07 bits per heavy atom. The van der Waals surface area contributed by atoms with Gasteiger partial charge in [0.1, 0.15) is 11.6 Å². The molecule has 1 aromatic carbocycles. The van der Waals surface area contributed by atoms with Gasteiger partial charge in [-0.1, -0.05) is 32.6 Å². The van der Waals surface area contributed by atoms with Crippen LogP contribution in [0.2, 0.25) is 0 Å². The minimum atomic E-state index is 0.154. The van der Waals surface area contributed by atoms with E-state index in [0.717, 1.165) is 73.4 Å². The summed E-state index contributed by atoms with van der Waals surface area (Å²) in [5.41, 5.74) is 2.91. The number of imidazole rings is 2. The monoisotopic (exact) mass is 393 g/mol. The number of fused-ring (bicyclic) bond motifs is 1. The largest absolute Gasteiger partial charge is 0.328 e. The second-order valence-electron chi connectivity index (χ2n) is 8.16. The van der Waals surface area contributed by atoms with E-state index in [9.17, 15) is 4.79 Å². The SMILES string of the molecule is CCCCn1c(Cn2ccnc2C)nc2cc(NC(=O)C3CCCCC3)ccc21. The van der Waals surface area contributed by atoms with Gasteiger partial charge in [-0.15, -0.1) is 0 Å². The van der Waals surface area contributed by atoms with Gasteiger partial charge in [-0.25, -0.2) is 9.97 Å². The van der Waals surface area contributed by atoms with E-state index >= 15 is 0 Å². The van der Waals surface area contributed by atoms with Crippen molar-refractivity contribution < 1.29 is 4.79 Å². The molecule has 4 rings (SSSR count). The first kappa shape index (κ1) is 19.7. The van der Waals surface area contributed by atoms with Gasteiger partial charge in [0, 0.05) is 30.5 Å². The molecule has 0 radical (unpaired) electrons. The number of carbonyl (C=O) groups is 1. The number of anilines is 1. The molecule has 1 N–H and O–H groups in total. The molecule has 6 nitrogen and oxygen atoms in total. The molecule has 1 amide bonds. The summed E-state index contributed by atoms with van der Waals surface area (Å²) in [6, 6.07) is 6.13. The molecule has 0 atom stereocenters. The molecular weight excluding hydrogens is 362 g/mol. The van der Waals surface area contributed by atoms with Crippen LogP contribution < -0.4 is 5.32 Å². The standard InChI is InChI=1S/C23H31N5O/c1-3-4-13-28-21-11-10-19(25-23(29)18-8-6-5-7-9-18)15-20(21)26-22(28)16-27-14-12-24-17(27)2/h10-12,14-15,18H,3-9,13,16H2,1-2H3,(H,25,29). The maximum atomic E-state index is 12.6. The van der Waals surface area contributed by atoms with Gasteiger partial charge < -0.3 is 14.5 Å². The van der Waals surface area contributed by atoms with Gasteiger partial charge in [-0.05, 0) is 44.4 Å². The number of nitrogens with one attached hydrogen (secondary N) is 1. The Labute approximate surface area is 172 Å². The number of hydrogen-bond acceptors (Lipinski definition) is 3. The van der Waals surface area contributed by atoms with Crippen LogP contribution >= 0.6 is 0 Å². The molecule has 0 spiro atoms. The molecule has 0 bridgehead atoms. The molecule has 2 aromatic heterocycles. The highest BCUT2D eigenvalue weighted by Gasteiger charge is 2.21. The van der Waals surface area contributed by atoms with Crippen LogP contribution in [0, 0.1) is 12.8 Å². The molecule has 0 aliphatic heterocycles. The van der Waals surface area contributed by atoms with Crippen LogP contribution in [0.5, 0.6) is 0 Å². The first-order valence-electron chi connectivity index (χ1n) is 10.9. The lowest BCUT2D eigenvalue weighted by atomic mass is 9.88. The van der Waals surface area contributed by atoms with E-state index in [1.54, 1.807) is 0 Å². The molecular formula is C23H31N5O. The zero-order valence-corrected chi connectivity index (χ0v) is 17.5. The number of hydrogen-bond donors (Lipinski definition) is 1. The number of carbonyl (C=O) groups excluding carboxylic acids is 1. The molecule has 1 aliphatic carbocycles. The number of rotatable bonds is 7. The van der Waals surface area contributed by atoms with Gasteiger partial charge >= 0.3 is 0 Å². The molecule has 154 valence electrons. The fourth-order valence-corrected chi connectivity index (χ4v) is 4.28. The average molecular weight is 394 g/mol. The number of aromatic nitrogens is 4. The maximum absolute atomic E-state index is 12.6. The first-order chi connectivity index (χ1) is 14.2. The Bertz CT molecular complexity index is 980. The van der Waals surface area contributed by atoms with Gasteiger partial charge in [-0.3, -0.25) is 4.79 Å². The fraction of sp³-hybridized carbons (Fsp3) is 0.522. The van der Waals surface area contributed by atoms with Gasteiger partial charge in [0.05, 0.1) is 17.6 Å². The van der Waals surface area contributed by atoms with Crippen molar-refractivity contribution in [3.05, 3.63) is 42.2 Å². The number of benzene rings is 1. The van der Waals surface area contributed by atoms with Crippen molar-refractivity contribution in [2.45, 2.75) is 71.9 Å². The minimum Gasteiger partial charge on any atom is -0.328 e. The van der Waals surface area contributed by atoms with E-state index in [0.29, 0.717) is 6.54 Å². The highest BCUT2D eigenvalue weighted by Crippen LogP contribution is 2.26. The Morgan fingerprint density at radius 1 is 1.24 bits per heavy atom. The minimum absolute atomic E-state index is 0.154. The van der Waals surface area contributed by atoms with E-state index in [1.165, 1.54) is 6.42 Å². The Hall–Kier alpha value is -2.63. The van der Waals surface area contributed by atoms with Gasteiger partial charge in [-0.2, -0.15) is 0 Å². The third-order valence-electron chi connectivity index (χ3n) is 6.04. The van der Waals surface area contributed by atoms with Gasteiger partial charge in [0.2, 0.25) is 5.91 Å². The molecule has 0 unspecified atom stereocenters. The molecule has 1 aliphatic rings. The van der Waals surface area contributed by atoms with Crippen molar-refractivity contribution in [3.8, 4) is 0 Å². The predicted octanol–water partition coefficient (Wildman–Crippen LogP) is 4.91. The van der Waals surface area contributed by atoms with Crippen LogP contribution in [-0.2, 0) is 17.9 Å². The maximum Gasteiger partial charge on any atom is 0.227 e. The molecule has 0 saturated heterocycles. The lowest BCUT2D eigenvalue weighted by molar-refractivity contribution is -0.120. The smallest absolute Gasteiger partial charge is 0.227 e. The number of amides is 1. The zero-order valence-electron chi connectivity index (χ0n) is 17.5. The van der Waals surface area contributed by atoms with Crippen LogP contribution in [0.15, 0.2) is 30.6 Å². The normalized spacial score (nSPS) is 15.1. The van der Waals surface area contributed by atoms with Crippen molar-refractivity contribution in [3.63, 3.8) is 0 Å². The van der Waals surface area contributed by atoms with Crippen LogP contribution in [0.1, 0.15) is 63.5 Å². The molecule has 6 heteroatoms. The Kier molecular flexibility index (Phi) is 5.97. The number of nitrogens with zero attached hydrogens (tertiary/aromatic N) is 4. The van der Waals surface area contributed by atoms with E-state index in [-0.39, 0.29) is 11.8 Å². The van der Waals surface area contributed by atoms with Crippen molar-refractivity contribution in [1.82, 2.24) is 19.1 Å². The second-order valence-corrected chi connectivity index (χ2v) is 8.16. The van der Waals surface area contributed by atoms with Crippen molar-refractivity contribution in [2.75, 3.05) is 5.32 Å². The lowest BCUT2D eigenvalue weighted by Crippen LogP contribution is -2.24. The van der Waals surface area contributed by atoms with Crippen LogP contribution in [0.4, 0.5) is 5.69 Å². The van der Waals surface area contributed by atoms with Crippen molar-refractivity contribution in [2.24, 2.45) is 5.92 Å². The van der Waals surface area contributed by atoms with E-state index in [2.05, 4.69) is 32.4 Å². The summed E-state index contributed by atoms with van der Waals surface area (Å²) in [6.45, 7) is 5.87. The lowest BCUT2D eigenvalue weighted by Gasteiger charge is -2.20. The summed E-state index contributed by atoms with van der Waals surface area (Å²) < 4.78 is 4.43. The topological polar surface area (TPSA) is 64.7 Å². The van der Waals surface area contributed by atoms with E-state index in [1.807, 2.05) is 31.5 Å². The summed E-state index contributed by atoms with van der Waals surface area (Å²) in [6.07, 6.45) is 11.7. The van der Waals surface area contributed by atoms with Gasteiger partial charge in [0.25, 0.3) is 0 Å². The summed E-state index contributed by atoms with van der Waals surface area (Å²) in [5, 5.41) is 3.13. The third-order valence-corrected chi connectivity index (χ3v) is 6.04. The quantitative estimate of drug-likeness (QED) is 0.620. The third kappa shape index (κ3) is 4.36. The highest BCUT2D eigenvalue weighted by atomic mass is 16.1.